The van der Waals surface area contributed by atoms with Gasteiger partial charge in [-0.2, -0.15) is 21.6 Å². The maximum atomic E-state index is 12.5. The number of carbonyl (C=O) groups excluding carboxylic acids is 2. The minimum atomic E-state index is -5.86. The van der Waals surface area contributed by atoms with Crippen LogP contribution in [0, 0.1) is 13.8 Å². The molecule has 0 aliphatic carbocycles. The van der Waals surface area contributed by atoms with E-state index < -0.39 is 27.3 Å². The average Bonchev–Trinajstić information content (AvgIpc) is 2.62. The minimum absolute atomic E-state index is 0.0224. The van der Waals surface area contributed by atoms with Gasteiger partial charge in [-0.25, -0.2) is 4.79 Å². The highest BCUT2D eigenvalue weighted by atomic mass is 32.2. The first kappa shape index (κ1) is 25.2. The predicted molar refractivity (Wildman–Crippen MR) is 91.6 cm³/mol. The van der Waals surface area contributed by atoms with Crippen LogP contribution in [0.15, 0.2) is 18.7 Å². The largest absolute Gasteiger partial charge is 0.534 e. The number of esters is 1. The summed E-state index contributed by atoms with van der Waals surface area (Å²) in [7, 11) is -3.43. The van der Waals surface area contributed by atoms with Gasteiger partial charge in [-0.05, 0) is 25.0 Å². The standard InChI is InChI=1S/C14H15F3O6S.C2H4O2/c1-5-6-22-11-7-10(23-24(19,20)14(15,16)17)8(2)9(3)12(11)13(18)21-4;1-4-2-3/h5,7H,1,6H2,2-4H3;2H,1H3. The number of alkyl halides is 3. The summed E-state index contributed by atoms with van der Waals surface area (Å²) >= 11 is 0. The molecule has 0 aromatic heterocycles. The molecular weight excluding hydrogens is 409 g/mol. The highest BCUT2D eigenvalue weighted by Crippen LogP contribution is 2.36. The summed E-state index contributed by atoms with van der Waals surface area (Å²) in [4.78, 5) is 20.8. The molecule has 0 heterocycles. The summed E-state index contributed by atoms with van der Waals surface area (Å²) in [5.41, 5.74) is -5.45. The number of hydrogen-bond acceptors (Lipinski definition) is 8. The van der Waals surface area contributed by atoms with Crippen molar-refractivity contribution < 1.29 is 49.6 Å². The SMILES string of the molecule is C=CCOc1cc(OS(=O)(=O)C(F)(F)F)c(C)c(C)c1C(=O)OC.COC=O. The summed E-state index contributed by atoms with van der Waals surface area (Å²) < 4.78 is 77.7. The molecule has 1 aromatic carbocycles. The molecule has 0 atom stereocenters. The van der Waals surface area contributed by atoms with E-state index >= 15 is 0 Å². The molecule has 0 fully saturated rings. The van der Waals surface area contributed by atoms with E-state index in [0.717, 1.165) is 13.2 Å². The van der Waals surface area contributed by atoms with Crippen molar-refractivity contribution in [2.75, 3.05) is 20.8 Å². The minimum Gasteiger partial charge on any atom is -0.488 e. The monoisotopic (exact) mass is 428 g/mol. The number of hydrogen-bond donors (Lipinski definition) is 0. The fourth-order valence-corrected chi connectivity index (χ4v) is 2.23. The van der Waals surface area contributed by atoms with Gasteiger partial charge in [0.2, 0.25) is 0 Å². The fourth-order valence-electron chi connectivity index (χ4n) is 1.73. The normalized spacial score (nSPS) is 10.8. The lowest BCUT2D eigenvalue weighted by atomic mass is 10.0. The Morgan fingerprint density at radius 3 is 2.11 bits per heavy atom. The third-order valence-electron chi connectivity index (χ3n) is 3.14. The number of benzene rings is 1. The van der Waals surface area contributed by atoms with E-state index in [1.54, 1.807) is 0 Å². The second-order valence-corrected chi connectivity index (χ2v) is 6.44. The molecule has 0 N–H and O–H groups in total. The van der Waals surface area contributed by atoms with Crippen LogP contribution in [0.2, 0.25) is 0 Å². The molecule has 158 valence electrons. The number of ether oxygens (including phenoxy) is 3. The molecule has 0 saturated heterocycles. The van der Waals surface area contributed by atoms with Crippen LogP contribution in [0.1, 0.15) is 21.5 Å². The number of methoxy groups -OCH3 is 2. The van der Waals surface area contributed by atoms with Crippen molar-refractivity contribution in [2.24, 2.45) is 0 Å². The highest BCUT2D eigenvalue weighted by molar-refractivity contribution is 7.88. The molecule has 28 heavy (non-hydrogen) atoms. The van der Waals surface area contributed by atoms with Crippen molar-refractivity contribution in [1.29, 1.82) is 0 Å². The van der Waals surface area contributed by atoms with Crippen molar-refractivity contribution in [1.82, 2.24) is 0 Å². The quantitative estimate of drug-likeness (QED) is 0.215. The Kier molecular flexibility index (Phi) is 9.50. The van der Waals surface area contributed by atoms with Crippen LogP contribution in [0.5, 0.6) is 11.5 Å². The smallest absolute Gasteiger partial charge is 0.488 e. The van der Waals surface area contributed by atoms with Crippen molar-refractivity contribution >= 4 is 22.6 Å². The first-order valence-corrected chi connectivity index (χ1v) is 8.72. The molecule has 0 spiro atoms. The molecule has 0 saturated carbocycles. The van der Waals surface area contributed by atoms with E-state index in [2.05, 4.69) is 20.2 Å². The lowest BCUT2D eigenvalue weighted by Gasteiger charge is -2.18. The Bertz CT molecular complexity index is 816. The molecule has 1 rings (SSSR count). The Hall–Kier alpha value is -2.76. The summed E-state index contributed by atoms with van der Waals surface area (Å²) in [6.45, 7) is 6.42. The van der Waals surface area contributed by atoms with Crippen LogP contribution in [0.25, 0.3) is 0 Å². The van der Waals surface area contributed by atoms with Gasteiger partial charge >= 0.3 is 21.6 Å². The van der Waals surface area contributed by atoms with Gasteiger partial charge in [-0.3, -0.25) is 4.79 Å². The van der Waals surface area contributed by atoms with Crippen molar-refractivity contribution in [3.05, 3.63) is 35.4 Å². The average molecular weight is 428 g/mol. The third kappa shape index (κ3) is 6.44. The topological polar surface area (TPSA) is 105 Å². The highest BCUT2D eigenvalue weighted by Gasteiger charge is 2.49. The van der Waals surface area contributed by atoms with Gasteiger partial charge < -0.3 is 18.4 Å². The van der Waals surface area contributed by atoms with Crippen LogP contribution < -0.4 is 8.92 Å². The first-order chi connectivity index (χ1) is 12.9. The van der Waals surface area contributed by atoms with Crippen LogP contribution in [-0.4, -0.2) is 47.2 Å². The molecule has 8 nitrogen and oxygen atoms in total. The third-order valence-corrected chi connectivity index (χ3v) is 4.11. The zero-order chi connectivity index (χ0) is 22.1. The van der Waals surface area contributed by atoms with E-state index in [1.807, 2.05) is 0 Å². The van der Waals surface area contributed by atoms with Gasteiger partial charge in [0.05, 0.1) is 14.2 Å². The van der Waals surface area contributed by atoms with Crippen LogP contribution in [0.3, 0.4) is 0 Å². The van der Waals surface area contributed by atoms with Gasteiger partial charge in [0.15, 0.2) is 0 Å². The molecule has 0 unspecified atom stereocenters. The fraction of sp³-hybridized carbons (Fsp3) is 0.375. The number of halogens is 3. The van der Waals surface area contributed by atoms with Crippen molar-refractivity contribution in [2.45, 2.75) is 19.4 Å². The first-order valence-electron chi connectivity index (χ1n) is 7.31. The Balaban J connectivity index is 0.00000165. The molecule has 0 aliphatic rings. The summed E-state index contributed by atoms with van der Waals surface area (Å²) in [6, 6.07) is 0.890. The zero-order valence-electron chi connectivity index (χ0n) is 15.5. The summed E-state index contributed by atoms with van der Waals surface area (Å²) in [5.74, 6) is -1.58. The van der Waals surface area contributed by atoms with Crippen LogP contribution >= 0.6 is 0 Å². The van der Waals surface area contributed by atoms with E-state index in [4.69, 9.17) is 9.53 Å². The lowest BCUT2D eigenvalue weighted by Crippen LogP contribution is -2.28. The van der Waals surface area contributed by atoms with Crippen molar-refractivity contribution in [3.8, 4) is 11.5 Å². The molecule has 12 heteroatoms. The van der Waals surface area contributed by atoms with Gasteiger partial charge in [-0.1, -0.05) is 12.7 Å². The van der Waals surface area contributed by atoms with Gasteiger partial charge in [0.25, 0.3) is 6.47 Å². The molecular formula is C16H19F3O8S. The second kappa shape index (κ2) is 10.5. The maximum Gasteiger partial charge on any atom is 0.534 e. The Morgan fingerprint density at radius 2 is 1.71 bits per heavy atom. The number of carbonyl (C=O) groups is 2. The maximum absolute atomic E-state index is 12.5. The van der Waals surface area contributed by atoms with E-state index in [1.165, 1.54) is 27.0 Å². The molecule has 0 bridgehead atoms. The van der Waals surface area contributed by atoms with Crippen LogP contribution in [0.4, 0.5) is 13.2 Å². The summed E-state index contributed by atoms with van der Waals surface area (Å²) in [5, 5.41) is 0. The molecule has 0 aliphatic heterocycles. The Morgan fingerprint density at radius 1 is 1.18 bits per heavy atom. The molecule has 1 aromatic rings. The predicted octanol–water partition coefficient (Wildman–Crippen LogP) is 2.67. The van der Waals surface area contributed by atoms with Gasteiger partial charge in [0.1, 0.15) is 23.7 Å². The van der Waals surface area contributed by atoms with E-state index in [-0.39, 0.29) is 29.0 Å². The Labute approximate surface area is 160 Å². The van der Waals surface area contributed by atoms with Gasteiger partial charge in [0, 0.05) is 6.07 Å². The second-order valence-electron chi connectivity index (χ2n) is 4.90. The van der Waals surface area contributed by atoms with Gasteiger partial charge in [-0.15, -0.1) is 0 Å². The van der Waals surface area contributed by atoms with E-state index in [0.29, 0.717) is 6.47 Å². The van der Waals surface area contributed by atoms with Crippen LogP contribution in [-0.2, 0) is 24.4 Å². The number of rotatable bonds is 7. The lowest BCUT2D eigenvalue weighted by molar-refractivity contribution is -0.126. The summed E-state index contributed by atoms with van der Waals surface area (Å²) in [6.07, 6.45) is 1.34. The van der Waals surface area contributed by atoms with Crippen molar-refractivity contribution in [3.63, 3.8) is 0 Å². The zero-order valence-corrected chi connectivity index (χ0v) is 16.3. The van der Waals surface area contributed by atoms with E-state index in [9.17, 15) is 26.4 Å². The molecule has 0 radical (unpaired) electrons. The molecule has 0 amide bonds.